The summed E-state index contributed by atoms with van der Waals surface area (Å²) in [6.07, 6.45) is -11.0. The van der Waals surface area contributed by atoms with Gasteiger partial charge in [-0.15, -0.1) is 0 Å². The van der Waals surface area contributed by atoms with Crippen molar-refractivity contribution in [3.8, 4) is 0 Å². The van der Waals surface area contributed by atoms with E-state index in [1.807, 2.05) is 0 Å². The molecular weight excluding hydrogens is 687 g/mol. The third-order valence-corrected chi connectivity index (χ3v) is 11.0. The van der Waals surface area contributed by atoms with Crippen LogP contribution < -0.4 is 11.3 Å². The van der Waals surface area contributed by atoms with Crippen LogP contribution in [0.3, 0.4) is 0 Å². The van der Waals surface area contributed by atoms with Crippen molar-refractivity contribution in [2.45, 2.75) is 72.1 Å². The molecule has 0 bridgehead atoms. The summed E-state index contributed by atoms with van der Waals surface area (Å²) in [5.74, 6) is 0. The Morgan fingerprint density at radius 1 is 0.617 bits per heavy atom. The first-order valence-electron chi connectivity index (χ1n) is 14.9. The molecule has 0 saturated carbocycles. The van der Waals surface area contributed by atoms with Crippen LogP contribution in [0.15, 0.2) is 79.1 Å². The summed E-state index contributed by atoms with van der Waals surface area (Å²) in [6, 6.07) is 16.9. The van der Waals surface area contributed by atoms with Crippen molar-refractivity contribution in [2.75, 3.05) is 13.2 Å². The van der Waals surface area contributed by atoms with Gasteiger partial charge in [-0.1, -0.05) is 0 Å². The predicted molar refractivity (Wildman–Crippen MR) is 163 cm³/mol. The van der Waals surface area contributed by atoms with Crippen molar-refractivity contribution < 1.29 is 58.4 Å². The summed E-state index contributed by atoms with van der Waals surface area (Å²) < 4.78 is 33.9. The molecule has 2 aliphatic heterocycles. The number of fused-ring (bicyclic) bond motifs is 2. The molecule has 15 heteroatoms. The molecule has 6 rings (SSSR count). The molecule has 4 heterocycles. The topological polar surface area (TPSA) is 219 Å². The number of rotatable bonds is 10. The van der Waals surface area contributed by atoms with E-state index in [-0.39, 0.29) is 24.3 Å². The number of hydrogen-bond acceptors (Lipinski definition) is 14. The molecule has 0 spiro atoms. The van der Waals surface area contributed by atoms with Crippen LogP contribution in [0.4, 0.5) is 0 Å². The summed E-state index contributed by atoms with van der Waals surface area (Å²) >= 11 is -0.993. The molecule has 0 radical (unpaired) electrons. The number of aliphatic hydroxyl groups is 6. The van der Waals surface area contributed by atoms with Crippen LogP contribution in [0.1, 0.15) is 11.1 Å². The maximum atomic E-state index is 12.5. The Morgan fingerprint density at radius 2 is 1.02 bits per heavy atom. The predicted octanol–water partition coefficient (Wildman–Crippen LogP) is -1.05. The molecule has 10 atom stereocenters. The van der Waals surface area contributed by atoms with E-state index in [9.17, 15) is 40.2 Å². The van der Waals surface area contributed by atoms with Gasteiger partial charge in [-0.2, -0.15) is 0 Å². The van der Waals surface area contributed by atoms with Gasteiger partial charge in [-0.05, 0) is 0 Å². The monoisotopic (exact) mass is 722 g/mol. The fraction of sp³-hybridized carbons (Fsp3) is 0.438. The van der Waals surface area contributed by atoms with Crippen molar-refractivity contribution in [3.05, 3.63) is 92.6 Å². The summed E-state index contributed by atoms with van der Waals surface area (Å²) in [5.41, 5.74) is -0.253. The molecular formula is C32H34O14Se. The number of hydrogen-bond donors (Lipinski definition) is 6. The molecule has 4 aromatic rings. The Hall–Kier alpha value is -3.02. The minimum absolute atomic E-state index is 0.142. The van der Waals surface area contributed by atoms with Crippen LogP contribution in [0.2, 0.25) is 0 Å². The molecule has 0 aliphatic carbocycles. The Balaban J connectivity index is 1.17. The van der Waals surface area contributed by atoms with Gasteiger partial charge < -0.3 is 0 Å². The Bertz CT molecular complexity index is 1660. The van der Waals surface area contributed by atoms with E-state index in [0.717, 1.165) is 0 Å². The van der Waals surface area contributed by atoms with Gasteiger partial charge in [0.25, 0.3) is 0 Å². The molecule has 2 aliphatic rings. The normalized spacial score (nSPS) is 31.4. The molecule has 2 saturated heterocycles. The van der Waals surface area contributed by atoms with Gasteiger partial charge in [-0.3, -0.25) is 0 Å². The first-order chi connectivity index (χ1) is 22.7. The van der Waals surface area contributed by atoms with Crippen LogP contribution in [-0.2, 0) is 32.2 Å². The summed E-state index contributed by atoms with van der Waals surface area (Å²) in [6.45, 7) is -1.93. The van der Waals surface area contributed by atoms with E-state index in [1.54, 1.807) is 60.7 Å². The summed E-state index contributed by atoms with van der Waals surface area (Å²) in [5, 5.41) is 63.2. The Kier molecular flexibility index (Phi) is 10.5. The van der Waals surface area contributed by atoms with Gasteiger partial charge in [0.15, 0.2) is 0 Å². The van der Waals surface area contributed by atoms with Crippen LogP contribution in [0.25, 0.3) is 21.9 Å². The fourth-order valence-corrected chi connectivity index (χ4v) is 8.39. The minimum atomic E-state index is -1.50. The van der Waals surface area contributed by atoms with Crippen LogP contribution in [0.5, 0.6) is 0 Å². The zero-order valence-electron chi connectivity index (χ0n) is 24.7. The molecule has 6 N–H and O–H groups in total. The zero-order chi connectivity index (χ0) is 33.2. The van der Waals surface area contributed by atoms with Crippen LogP contribution in [-0.4, -0.2) is 118 Å². The molecule has 47 heavy (non-hydrogen) atoms. The van der Waals surface area contributed by atoms with Gasteiger partial charge in [0.05, 0.1) is 0 Å². The maximum absolute atomic E-state index is 12.5. The second-order valence-corrected chi connectivity index (χ2v) is 13.8. The Labute approximate surface area is 272 Å². The first-order valence-corrected chi connectivity index (χ1v) is 16.8. The van der Waals surface area contributed by atoms with Crippen molar-refractivity contribution in [3.63, 3.8) is 0 Å². The van der Waals surface area contributed by atoms with E-state index in [4.69, 9.17) is 27.8 Å². The quantitative estimate of drug-likeness (QED) is 0.0851. The molecule has 14 nitrogen and oxygen atoms in total. The molecule has 2 aromatic heterocycles. The molecule has 252 valence electrons. The van der Waals surface area contributed by atoms with Crippen molar-refractivity contribution in [1.82, 2.24) is 0 Å². The SMILES string of the molecule is O=c1oc2ccccc2cc1CO[C@H]1[C@@H](O)[C@@H](CO)O[C@@H]([Se][C@@H]2O[C@H](CO)[C@H](O)[C@H](OCc3cc4ccccc4oc3=O)[C@H]2O)[C@@H]1O. The molecule has 0 unspecified atom stereocenters. The van der Waals surface area contributed by atoms with E-state index >= 15 is 0 Å². The van der Waals surface area contributed by atoms with E-state index in [0.29, 0.717) is 21.9 Å². The van der Waals surface area contributed by atoms with Gasteiger partial charge in [0.2, 0.25) is 0 Å². The van der Waals surface area contributed by atoms with Gasteiger partial charge in [0.1, 0.15) is 0 Å². The first kappa shape index (κ1) is 33.9. The van der Waals surface area contributed by atoms with Crippen molar-refractivity contribution in [1.29, 1.82) is 0 Å². The van der Waals surface area contributed by atoms with E-state index < -0.39 is 98.3 Å². The third kappa shape index (κ3) is 7.08. The van der Waals surface area contributed by atoms with Gasteiger partial charge >= 0.3 is 273 Å². The van der Waals surface area contributed by atoms with E-state index in [1.165, 1.54) is 0 Å². The number of benzene rings is 2. The van der Waals surface area contributed by atoms with Crippen LogP contribution in [0, 0.1) is 0 Å². The molecule has 2 fully saturated rings. The summed E-state index contributed by atoms with van der Waals surface area (Å²) in [7, 11) is 0. The molecule has 2 aromatic carbocycles. The standard InChI is InChI=1S/C32H34O14Se/c33-11-21-23(35)27(41-13-17-9-15-5-1-3-7-19(15)43-29(17)39)25(37)31(45-21)47-32-26(38)28(24(36)22(12-34)46-32)42-14-18-10-16-6-2-4-8-20(16)44-30(18)40/h1-10,21-28,31-38H,11-14H2/t21-,22-,23+,24+,25-,26-,27+,28+,31+,32+/m1/s1. The van der Waals surface area contributed by atoms with Crippen molar-refractivity contribution >= 4 is 36.9 Å². The second kappa shape index (κ2) is 14.6. The van der Waals surface area contributed by atoms with Gasteiger partial charge in [0, 0.05) is 0 Å². The van der Waals surface area contributed by atoms with E-state index in [2.05, 4.69) is 0 Å². The van der Waals surface area contributed by atoms with Gasteiger partial charge in [-0.25, -0.2) is 0 Å². The average Bonchev–Trinajstić information content (AvgIpc) is 3.07. The average molecular weight is 722 g/mol. The second-order valence-electron chi connectivity index (χ2n) is 11.3. The number of aliphatic hydroxyl groups excluding tert-OH is 6. The fourth-order valence-electron chi connectivity index (χ4n) is 5.64. The Morgan fingerprint density at radius 3 is 1.43 bits per heavy atom. The number of para-hydroxylation sites is 2. The van der Waals surface area contributed by atoms with Crippen molar-refractivity contribution in [2.24, 2.45) is 0 Å². The third-order valence-electron chi connectivity index (χ3n) is 8.20. The van der Waals surface area contributed by atoms with Crippen LogP contribution >= 0.6 is 0 Å². The zero-order valence-corrected chi connectivity index (χ0v) is 26.4. The molecule has 0 amide bonds. The summed E-state index contributed by atoms with van der Waals surface area (Å²) in [4.78, 5) is 25.1. The number of ether oxygens (including phenoxy) is 4.